The molecule has 1 aromatic heterocycles. The summed E-state index contributed by atoms with van der Waals surface area (Å²) in [6, 6.07) is 1.65. The number of carbonyl (C=O) groups is 2. The van der Waals surface area contributed by atoms with Gasteiger partial charge in [-0.2, -0.15) is 0 Å². The highest BCUT2D eigenvalue weighted by Crippen LogP contribution is 2.28. The zero-order valence-electron chi connectivity index (χ0n) is 8.59. The molecule has 2 rings (SSSR count). The molecule has 0 aliphatic carbocycles. The molecule has 1 fully saturated rings. The number of carbonyl (C=O) groups excluding carboxylic acids is 2. The van der Waals surface area contributed by atoms with Crippen LogP contribution in [-0.4, -0.2) is 23.3 Å². The predicted octanol–water partition coefficient (Wildman–Crippen LogP) is -0.498. The van der Waals surface area contributed by atoms with E-state index in [-0.39, 0.29) is 12.3 Å². The number of hydrogen-bond donors (Lipinski definition) is 2. The molecular formula is C10H12N4O2. The summed E-state index contributed by atoms with van der Waals surface area (Å²) in [7, 11) is 0. The Labute approximate surface area is 92.2 Å². The first kappa shape index (κ1) is 10.4. The first-order chi connectivity index (χ1) is 7.59. The van der Waals surface area contributed by atoms with Crippen molar-refractivity contribution < 1.29 is 9.59 Å². The molecule has 1 atom stereocenters. The molecule has 6 heteroatoms. The predicted molar refractivity (Wildman–Crippen MR) is 58.3 cm³/mol. The van der Waals surface area contributed by atoms with E-state index in [0.717, 1.165) is 0 Å². The Morgan fingerprint density at radius 3 is 2.88 bits per heavy atom. The van der Waals surface area contributed by atoms with Crippen molar-refractivity contribution in [1.82, 2.24) is 4.98 Å². The van der Waals surface area contributed by atoms with E-state index in [4.69, 9.17) is 11.5 Å². The number of nitrogens with zero attached hydrogens (tertiary/aromatic N) is 2. The first-order valence-corrected chi connectivity index (χ1v) is 4.88. The molecule has 1 aromatic rings. The Morgan fingerprint density at radius 1 is 1.56 bits per heavy atom. The monoisotopic (exact) mass is 220 g/mol. The number of pyridine rings is 1. The van der Waals surface area contributed by atoms with Crippen molar-refractivity contribution in [3.63, 3.8) is 0 Å². The van der Waals surface area contributed by atoms with Crippen molar-refractivity contribution in [3.8, 4) is 0 Å². The quantitative estimate of drug-likeness (QED) is 0.701. The first-order valence-electron chi connectivity index (χ1n) is 4.88. The summed E-state index contributed by atoms with van der Waals surface area (Å²) >= 11 is 0. The third-order valence-corrected chi connectivity index (χ3v) is 2.65. The number of hydrogen-bond acceptors (Lipinski definition) is 4. The number of primary amides is 1. The number of nitrogen functional groups attached to an aromatic ring is 1. The van der Waals surface area contributed by atoms with Crippen LogP contribution < -0.4 is 16.4 Å². The normalized spacial score (nSPS) is 20.1. The van der Waals surface area contributed by atoms with E-state index in [0.29, 0.717) is 17.9 Å². The molecule has 84 valence electrons. The molecule has 4 N–H and O–H groups in total. The van der Waals surface area contributed by atoms with Crippen LogP contribution in [-0.2, 0) is 9.59 Å². The van der Waals surface area contributed by atoms with E-state index in [9.17, 15) is 9.59 Å². The van der Waals surface area contributed by atoms with Crippen molar-refractivity contribution >= 4 is 23.2 Å². The lowest BCUT2D eigenvalue weighted by atomic mass is 10.1. The summed E-state index contributed by atoms with van der Waals surface area (Å²) < 4.78 is 0. The maximum Gasteiger partial charge on any atom is 0.227 e. The van der Waals surface area contributed by atoms with Crippen molar-refractivity contribution in [2.75, 3.05) is 17.2 Å². The fourth-order valence-electron chi connectivity index (χ4n) is 1.78. The van der Waals surface area contributed by atoms with Crippen molar-refractivity contribution in [1.29, 1.82) is 0 Å². The van der Waals surface area contributed by atoms with Gasteiger partial charge in [0.25, 0.3) is 0 Å². The van der Waals surface area contributed by atoms with Gasteiger partial charge in [-0.3, -0.25) is 14.6 Å². The average molecular weight is 220 g/mol. The van der Waals surface area contributed by atoms with Crippen LogP contribution in [0.15, 0.2) is 18.5 Å². The van der Waals surface area contributed by atoms with Crippen molar-refractivity contribution in [3.05, 3.63) is 18.5 Å². The molecule has 1 aliphatic rings. The van der Waals surface area contributed by atoms with Crippen molar-refractivity contribution in [2.45, 2.75) is 6.42 Å². The third kappa shape index (κ3) is 1.69. The molecule has 0 saturated carbocycles. The summed E-state index contributed by atoms with van der Waals surface area (Å²) in [5.41, 5.74) is 11.9. The molecule has 0 radical (unpaired) electrons. The van der Waals surface area contributed by atoms with E-state index in [1.54, 1.807) is 12.3 Å². The number of amides is 2. The Bertz CT molecular complexity index is 446. The highest BCUT2D eigenvalue weighted by Gasteiger charge is 2.34. The molecule has 0 aromatic carbocycles. The lowest BCUT2D eigenvalue weighted by Gasteiger charge is -2.17. The van der Waals surface area contributed by atoms with Gasteiger partial charge in [0.05, 0.1) is 23.5 Å². The molecule has 1 aliphatic heterocycles. The summed E-state index contributed by atoms with van der Waals surface area (Å²) in [5.74, 6) is -1.02. The second kappa shape index (κ2) is 3.80. The van der Waals surface area contributed by atoms with Gasteiger partial charge in [-0.05, 0) is 6.07 Å². The maximum absolute atomic E-state index is 11.7. The summed E-state index contributed by atoms with van der Waals surface area (Å²) in [6.45, 7) is 0.294. The van der Waals surface area contributed by atoms with Gasteiger partial charge in [0.2, 0.25) is 11.8 Å². The van der Waals surface area contributed by atoms with Crippen LogP contribution in [0.1, 0.15) is 6.42 Å². The zero-order valence-corrected chi connectivity index (χ0v) is 8.59. The number of nitrogens with two attached hydrogens (primary N) is 2. The standard InChI is InChI=1S/C10H12N4O2/c11-7-4-13-2-1-8(7)14-5-6(10(12)16)3-9(14)15/h1-2,4,6H,3,5,11H2,(H2,12,16). The molecule has 6 nitrogen and oxygen atoms in total. The molecule has 1 saturated heterocycles. The highest BCUT2D eigenvalue weighted by molar-refractivity contribution is 6.01. The molecule has 2 amide bonds. The second-order valence-electron chi connectivity index (χ2n) is 3.74. The third-order valence-electron chi connectivity index (χ3n) is 2.65. The van der Waals surface area contributed by atoms with Gasteiger partial charge in [0, 0.05) is 19.2 Å². The summed E-state index contributed by atoms with van der Waals surface area (Å²) in [4.78, 5) is 28.0. The van der Waals surface area contributed by atoms with Gasteiger partial charge < -0.3 is 16.4 Å². The minimum Gasteiger partial charge on any atom is -0.396 e. The molecule has 1 unspecified atom stereocenters. The van der Waals surface area contributed by atoms with E-state index in [1.807, 2.05) is 0 Å². The Morgan fingerprint density at radius 2 is 2.31 bits per heavy atom. The molecule has 2 heterocycles. The smallest absolute Gasteiger partial charge is 0.227 e. The van der Waals surface area contributed by atoms with Crippen LogP contribution >= 0.6 is 0 Å². The fraction of sp³-hybridized carbons (Fsp3) is 0.300. The largest absolute Gasteiger partial charge is 0.396 e. The average Bonchev–Trinajstić information content (AvgIpc) is 2.61. The SMILES string of the molecule is NC(=O)C1CC(=O)N(c2ccncc2N)C1. The molecule has 0 bridgehead atoms. The van der Waals surface area contributed by atoms with Gasteiger partial charge in [0.15, 0.2) is 0 Å². The van der Waals surface area contributed by atoms with Crippen LogP contribution in [0.25, 0.3) is 0 Å². The van der Waals surface area contributed by atoms with Gasteiger partial charge in [-0.15, -0.1) is 0 Å². The Balaban J connectivity index is 2.27. The zero-order chi connectivity index (χ0) is 11.7. The Kier molecular flexibility index (Phi) is 2.47. The van der Waals surface area contributed by atoms with Gasteiger partial charge >= 0.3 is 0 Å². The van der Waals surface area contributed by atoms with Gasteiger partial charge in [-0.25, -0.2) is 0 Å². The van der Waals surface area contributed by atoms with E-state index in [1.165, 1.54) is 11.1 Å². The number of aromatic nitrogens is 1. The lowest BCUT2D eigenvalue weighted by molar-refractivity contribution is -0.123. The summed E-state index contributed by atoms with van der Waals surface area (Å²) in [6.07, 6.45) is 3.17. The topological polar surface area (TPSA) is 102 Å². The number of anilines is 2. The Hall–Kier alpha value is -2.11. The van der Waals surface area contributed by atoms with Crippen LogP contribution in [0.5, 0.6) is 0 Å². The fourth-order valence-corrected chi connectivity index (χ4v) is 1.78. The molecule has 0 spiro atoms. The van der Waals surface area contributed by atoms with Crippen LogP contribution in [0.3, 0.4) is 0 Å². The van der Waals surface area contributed by atoms with Gasteiger partial charge in [0.1, 0.15) is 0 Å². The maximum atomic E-state index is 11.7. The van der Waals surface area contributed by atoms with E-state index >= 15 is 0 Å². The molecular weight excluding hydrogens is 208 g/mol. The highest BCUT2D eigenvalue weighted by atomic mass is 16.2. The van der Waals surface area contributed by atoms with Crippen LogP contribution in [0.2, 0.25) is 0 Å². The molecule has 16 heavy (non-hydrogen) atoms. The van der Waals surface area contributed by atoms with Crippen molar-refractivity contribution in [2.24, 2.45) is 11.7 Å². The second-order valence-corrected chi connectivity index (χ2v) is 3.74. The van der Waals surface area contributed by atoms with Gasteiger partial charge in [-0.1, -0.05) is 0 Å². The van der Waals surface area contributed by atoms with Crippen LogP contribution in [0, 0.1) is 5.92 Å². The summed E-state index contributed by atoms with van der Waals surface area (Å²) in [5, 5.41) is 0. The van der Waals surface area contributed by atoms with E-state index < -0.39 is 11.8 Å². The lowest BCUT2D eigenvalue weighted by Crippen LogP contribution is -2.28. The van der Waals surface area contributed by atoms with E-state index in [2.05, 4.69) is 4.98 Å². The minimum absolute atomic E-state index is 0.137. The minimum atomic E-state index is -0.455. The number of rotatable bonds is 2. The van der Waals surface area contributed by atoms with Crippen LogP contribution in [0.4, 0.5) is 11.4 Å².